The molecule has 0 aromatic carbocycles. The van der Waals surface area contributed by atoms with E-state index in [1.54, 1.807) is 0 Å². The minimum absolute atomic E-state index is 0.736. The average Bonchev–Trinajstić information content (AvgIpc) is 2.42. The third kappa shape index (κ3) is 5.14. The highest BCUT2D eigenvalue weighted by Crippen LogP contribution is 2.26. The van der Waals surface area contributed by atoms with Gasteiger partial charge >= 0.3 is 0 Å². The lowest BCUT2D eigenvalue weighted by molar-refractivity contribution is 0.729. The Morgan fingerprint density at radius 1 is 0.842 bits per heavy atom. The first kappa shape index (κ1) is 16.5. The van der Waals surface area contributed by atoms with Crippen LogP contribution in [0.4, 0.5) is 0 Å². The van der Waals surface area contributed by atoms with Crippen molar-refractivity contribution in [3.05, 3.63) is 28.0 Å². The minimum Gasteiger partial charge on any atom is -0.244 e. The number of aryl methyl sites for hydroxylation is 1. The molecule has 0 aliphatic carbocycles. The Bertz CT molecular complexity index is 374. The molecule has 19 heavy (non-hydrogen) atoms. The Morgan fingerprint density at radius 3 is 1.95 bits per heavy atom. The van der Waals surface area contributed by atoms with E-state index in [0.717, 1.165) is 24.4 Å². The molecule has 1 aromatic heterocycles. The van der Waals surface area contributed by atoms with Crippen LogP contribution in [0.2, 0.25) is 5.15 Å². The van der Waals surface area contributed by atoms with Gasteiger partial charge in [0.05, 0.1) is 0 Å². The van der Waals surface area contributed by atoms with E-state index >= 15 is 0 Å². The number of halogens is 1. The van der Waals surface area contributed by atoms with Gasteiger partial charge in [-0.05, 0) is 55.2 Å². The maximum absolute atomic E-state index is 6.34. The van der Waals surface area contributed by atoms with Crippen LogP contribution in [0.5, 0.6) is 0 Å². The third-order valence-electron chi connectivity index (χ3n) is 3.69. The summed E-state index contributed by atoms with van der Waals surface area (Å²) in [5.74, 6) is 0. The number of pyridine rings is 1. The summed E-state index contributed by atoms with van der Waals surface area (Å²) in [4.78, 5) is 4.42. The predicted octanol–water partition coefficient (Wildman–Crippen LogP) is 5.76. The molecule has 0 unspecified atom stereocenters. The number of unbranched alkanes of at least 4 members (excludes halogenated alkanes) is 3. The SMILES string of the molecule is CCCCc1cnc(Cl)c(CCCC)c1CCCC. The Labute approximate surface area is 123 Å². The second-order valence-electron chi connectivity index (χ2n) is 5.34. The standard InChI is InChI=1S/C17H28ClN/c1-4-7-10-14-13-19-17(18)16(12-9-6-3)15(14)11-8-5-2/h13H,4-12H2,1-3H3. The van der Waals surface area contributed by atoms with E-state index in [-0.39, 0.29) is 0 Å². The molecule has 108 valence electrons. The van der Waals surface area contributed by atoms with E-state index in [9.17, 15) is 0 Å². The molecule has 0 saturated carbocycles. The van der Waals surface area contributed by atoms with Crippen LogP contribution in [0, 0.1) is 0 Å². The van der Waals surface area contributed by atoms with Crippen molar-refractivity contribution in [1.82, 2.24) is 4.98 Å². The number of nitrogens with zero attached hydrogens (tertiary/aromatic N) is 1. The lowest BCUT2D eigenvalue weighted by Crippen LogP contribution is -2.04. The zero-order valence-corrected chi connectivity index (χ0v) is 13.5. The fourth-order valence-electron chi connectivity index (χ4n) is 2.46. The molecule has 0 aliphatic rings. The summed E-state index contributed by atoms with van der Waals surface area (Å²) in [5.41, 5.74) is 4.26. The topological polar surface area (TPSA) is 12.9 Å². The van der Waals surface area contributed by atoms with Crippen LogP contribution >= 0.6 is 11.6 Å². The van der Waals surface area contributed by atoms with Gasteiger partial charge in [0.25, 0.3) is 0 Å². The molecule has 2 heteroatoms. The van der Waals surface area contributed by atoms with Gasteiger partial charge in [0, 0.05) is 6.20 Å². The van der Waals surface area contributed by atoms with E-state index in [2.05, 4.69) is 25.8 Å². The summed E-state index contributed by atoms with van der Waals surface area (Å²) in [5, 5.41) is 0.736. The van der Waals surface area contributed by atoms with Crippen molar-refractivity contribution in [2.24, 2.45) is 0 Å². The van der Waals surface area contributed by atoms with E-state index in [0.29, 0.717) is 0 Å². The molecule has 0 aliphatic heterocycles. The molecule has 1 heterocycles. The van der Waals surface area contributed by atoms with Crippen LogP contribution < -0.4 is 0 Å². The quantitative estimate of drug-likeness (QED) is 0.524. The van der Waals surface area contributed by atoms with E-state index in [1.807, 2.05) is 6.20 Å². The molecule has 0 saturated heterocycles. The van der Waals surface area contributed by atoms with Gasteiger partial charge in [-0.1, -0.05) is 51.6 Å². The summed E-state index contributed by atoms with van der Waals surface area (Å²) < 4.78 is 0. The van der Waals surface area contributed by atoms with Crippen molar-refractivity contribution in [3.8, 4) is 0 Å². The van der Waals surface area contributed by atoms with E-state index < -0.39 is 0 Å². The second-order valence-corrected chi connectivity index (χ2v) is 5.70. The summed E-state index contributed by atoms with van der Waals surface area (Å²) in [6.07, 6.45) is 12.8. The Morgan fingerprint density at radius 2 is 1.37 bits per heavy atom. The van der Waals surface area contributed by atoms with Gasteiger partial charge in [-0.15, -0.1) is 0 Å². The number of hydrogen-bond acceptors (Lipinski definition) is 1. The van der Waals surface area contributed by atoms with Crippen molar-refractivity contribution in [2.45, 2.75) is 78.6 Å². The Kier molecular flexibility index (Phi) is 8.13. The molecular formula is C17H28ClN. The lowest BCUT2D eigenvalue weighted by Gasteiger charge is -2.15. The monoisotopic (exact) mass is 281 g/mol. The predicted molar refractivity (Wildman–Crippen MR) is 85.1 cm³/mol. The highest BCUT2D eigenvalue weighted by atomic mass is 35.5. The third-order valence-corrected chi connectivity index (χ3v) is 4.02. The molecule has 0 atom stereocenters. The molecule has 1 rings (SSSR count). The van der Waals surface area contributed by atoms with Crippen LogP contribution in [0.15, 0.2) is 6.20 Å². The summed E-state index contributed by atoms with van der Waals surface area (Å²) >= 11 is 6.34. The number of rotatable bonds is 9. The van der Waals surface area contributed by atoms with Gasteiger partial charge in [-0.3, -0.25) is 0 Å². The van der Waals surface area contributed by atoms with Crippen LogP contribution in [0.1, 0.15) is 76.0 Å². The Balaban J connectivity index is 3.00. The van der Waals surface area contributed by atoms with Crippen LogP contribution in [-0.2, 0) is 19.3 Å². The fourth-order valence-corrected chi connectivity index (χ4v) is 2.72. The molecule has 0 amide bonds. The van der Waals surface area contributed by atoms with Crippen LogP contribution in [0.3, 0.4) is 0 Å². The maximum Gasteiger partial charge on any atom is 0.132 e. The first-order chi connectivity index (χ1) is 9.24. The molecule has 0 spiro atoms. The molecule has 0 fully saturated rings. The number of aromatic nitrogens is 1. The zero-order chi connectivity index (χ0) is 14.1. The van der Waals surface area contributed by atoms with Crippen LogP contribution in [-0.4, -0.2) is 4.98 Å². The maximum atomic E-state index is 6.34. The Hall–Kier alpha value is -0.560. The molecule has 0 radical (unpaired) electrons. The van der Waals surface area contributed by atoms with Crippen molar-refractivity contribution in [3.63, 3.8) is 0 Å². The normalized spacial score (nSPS) is 10.9. The summed E-state index contributed by atoms with van der Waals surface area (Å²) in [7, 11) is 0. The molecular weight excluding hydrogens is 254 g/mol. The largest absolute Gasteiger partial charge is 0.244 e. The highest BCUT2D eigenvalue weighted by molar-refractivity contribution is 6.30. The highest BCUT2D eigenvalue weighted by Gasteiger charge is 2.12. The van der Waals surface area contributed by atoms with Crippen LogP contribution in [0.25, 0.3) is 0 Å². The zero-order valence-electron chi connectivity index (χ0n) is 12.8. The van der Waals surface area contributed by atoms with Crippen molar-refractivity contribution in [1.29, 1.82) is 0 Å². The minimum atomic E-state index is 0.736. The lowest BCUT2D eigenvalue weighted by atomic mass is 9.93. The van der Waals surface area contributed by atoms with E-state index in [4.69, 9.17) is 11.6 Å². The first-order valence-electron chi connectivity index (χ1n) is 7.89. The smallest absolute Gasteiger partial charge is 0.132 e. The van der Waals surface area contributed by atoms with Gasteiger partial charge in [0.15, 0.2) is 0 Å². The van der Waals surface area contributed by atoms with E-state index in [1.165, 1.54) is 55.2 Å². The first-order valence-corrected chi connectivity index (χ1v) is 8.27. The fraction of sp³-hybridized carbons (Fsp3) is 0.706. The van der Waals surface area contributed by atoms with Crippen molar-refractivity contribution < 1.29 is 0 Å². The molecule has 0 N–H and O–H groups in total. The molecule has 1 aromatic rings. The molecule has 1 nitrogen and oxygen atoms in total. The van der Waals surface area contributed by atoms with Gasteiger partial charge in [-0.2, -0.15) is 0 Å². The van der Waals surface area contributed by atoms with Crippen molar-refractivity contribution >= 4 is 11.6 Å². The van der Waals surface area contributed by atoms with Gasteiger partial charge < -0.3 is 0 Å². The van der Waals surface area contributed by atoms with Gasteiger partial charge in [0.2, 0.25) is 0 Å². The second kappa shape index (κ2) is 9.36. The van der Waals surface area contributed by atoms with Gasteiger partial charge in [-0.25, -0.2) is 4.98 Å². The average molecular weight is 282 g/mol. The molecule has 0 bridgehead atoms. The summed E-state index contributed by atoms with van der Waals surface area (Å²) in [6.45, 7) is 6.72. The van der Waals surface area contributed by atoms with Crippen molar-refractivity contribution in [2.75, 3.05) is 0 Å². The van der Waals surface area contributed by atoms with Gasteiger partial charge in [0.1, 0.15) is 5.15 Å². The number of hydrogen-bond donors (Lipinski definition) is 0. The summed E-state index contributed by atoms with van der Waals surface area (Å²) in [6, 6.07) is 0.